The molecule has 1 rings (SSSR count). The second-order valence-corrected chi connectivity index (χ2v) is 3.40. The molecule has 0 saturated heterocycles. The van der Waals surface area contributed by atoms with E-state index >= 15 is 0 Å². The highest BCUT2D eigenvalue weighted by molar-refractivity contribution is 5.79. The molecule has 0 aromatic carbocycles. The van der Waals surface area contributed by atoms with Crippen LogP contribution in [-0.2, 0) is 9.53 Å². The Morgan fingerprint density at radius 1 is 1.75 bits per heavy atom. The molecule has 1 aromatic rings. The lowest BCUT2D eigenvalue weighted by Crippen LogP contribution is -2.32. The Labute approximate surface area is 94.0 Å². The van der Waals surface area contributed by atoms with Crippen molar-refractivity contribution in [3.8, 4) is 0 Å². The summed E-state index contributed by atoms with van der Waals surface area (Å²) in [7, 11) is 1.63. The lowest BCUT2D eigenvalue weighted by Gasteiger charge is -2.11. The van der Waals surface area contributed by atoms with Crippen LogP contribution in [0.2, 0.25) is 0 Å². The maximum atomic E-state index is 11.6. The van der Waals surface area contributed by atoms with Crippen LogP contribution in [0.25, 0.3) is 0 Å². The van der Waals surface area contributed by atoms with Gasteiger partial charge in [0, 0.05) is 20.3 Å². The summed E-state index contributed by atoms with van der Waals surface area (Å²) in [5.41, 5.74) is 5.36. The van der Waals surface area contributed by atoms with Crippen LogP contribution >= 0.6 is 0 Å². The molecule has 90 valence electrons. The van der Waals surface area contributed by atoms with E-state index < -0.39 is 6.04 Å². The van der Waals surface area contributed by atoms with Crippen LogP contribution in [0.5, 0.6) is 0 Å². The molecule has 0 spiro atoms. The maximum Gasteiger partial charge on any atom is 0.244 e. The summed E-state index contributed by atoms with van der Waals surface area (Å²) in [4.78, 5) is 15.4. The van der Waals surface area contributed by atoms with Crippen LogP contribution in [0.15, 0.2) is 6.33 Å². The van der Waals surface area contributed by atoms with Gasteiger partial charge in [-0.15, -0.1) is 5.10 Å². The van der Waals surface area contributed by atoms with Gasteiger partial charge in [0.2, 0.25) is 11.9 Å². The second-order valence-electron chi connectivity index (χ2n) is 3.40. The van der Waals surface area contributed by atoms with Crippen LogP contribution in [0.3, 0.4) is 0 Å². The molecule has 0 aliphatic heterocycles. The molecule has 7 nitrogen and oxygen atoms in total. The van der Waals surface area contributed by atoms with Gasteiger partial charge in [0.05, 0.1) is 0 Å². The maximum absolute atomic E-state index is 11.6. The van der Waals surface area contributed by atoms with Gasteiger partial charge in [-0.05, 0) is 13.3 Å². The van der Waals surface area contributed by atoms with Gasteiger partial charge in [-0.2, -0.15) is 0 Å². The van der Waals surface area contributed by atoms with Gasteiger partial charge in [-0.1, -0.05) is 0 Å². The smallest absolute Gasteiger partial charge is 0.244 e. The van der Waals surface area contributed by atoms with Crippen molar-refractivity contribution in [3.05, 3.63) is 6.33 Å². The van der Waals surface area contributed by atoms with Gasteiger partial charge in [-0.3, -0.25) is 4.79 Å². The molecule has 0 bridgehead atoms. The molecular weight excluding hydrogens is 210 g/mol. The summed E-state index contributed by atoms with van der Waals surface area (Å²) in [6.45, 7) is 2.95. The first-order chi connectivity index (χ1) is 7.65. The Bertz CT molecular complexity index is 338. The number of carbonyl (C=O) groups is 1. The summed E-state index contributed by atoms with van der Waals surface area (Å²) in [5.74, 6) is 0.0556. The Balaban J connectivity index is 2.36. The monoisotopic (exact) mass is 227 g/mol. The quantitative estimate of drug-likeness (QED) is 0.643. The van der Waals surface area contributed by atoms with E-state index in [9.17, 15) is 4.79 Å². The number of hydrogen-bond acceptors (Lipinski definition) is 5. The summed E-state index contributed by atoms with van der Waals surface area (Å²) >= 11 is 0. The minimum atomic E-state index is -0.410. The van der Waals surface area contributed by atoms with Crippen LogP contribution in [0, 0.1) is 0 Å². The average molecular weight is 227 g/mol. The zero-order valence-corrected chi connectivity index (χ0v) is 9.51. The van der Waals surface area contributed by atoms with Crippen molar-refractivity contribution in [2.45, 2.75) is 19.4 Å². The molecule has 1 heterocycles. The van der Waals surface area contributed by atoms with E-state index in [1.54, 1.807) is 14.0 Å². The van der Waals surface area contributed by atoms with Crippen LogP contribution in [0.1, 0.15) is 19.4 Å². The fraction of sp³-hybridized carbons (Fsp3) is 0.667. The lowest BCUT2D eigenvalue weighted by atomic mass is 10.3. The third kappa shape index (κ3) is 3.50. The number of amides is 1. The molecule has 1 atom stereocenters. The van der Waals surface area contributed by atoms with E-state index in [0.29, 0.717) is 13.2 Å². The minimum absolute atomic E-state index is 0.110. The van der Waals surface area contributed by atoms with Crippen molar-refractivity contribution in [2.24, 2.45) is 0 Å². The molecule has 0 fully saturated rings. The topological polar surface area (TPSA) is 95.1 Å². The lowest BCUT2D eigenvalue weighted by molar-refractivity contribution is -0.124. The van der Waals surface area contributed by atoms with Gasteiger partial charge >= 0.3 is 0 Å². The third-order valence-electron chi connectivity index (χ3n) is 2.13. The number of nitrogen functional groups attached to an aromatic ring is 1. The van der Waals surface area contributed by atoms with Crippen LogP contribution < -0.4 is 11.1 Å². The Morgan fingerprint density at radius 3 is 3.06 bits per heavy atom. The minimum Gasteiger partial charge on any atom is -0.385 e. The highest BCUT2D eigenvalue weighted by atomic mass is 16.5. The summed E-state index contributed by atoms with van der Waals surface area (Å²) in [6, 6.07) is -0.410. The molecule has 0 aliphatic carbocycles. The number of nitrogens with one attached hydrogen (secondary N) is 1. The fourth-order valence-corrected chi connectivity index (χ4v) is 1.17. The van der Waals surface area contributed by atoms with Gasteiger partial charge < -0.3 is 15.8 Å². The Morgan fingerprint density at radius 2 is 2.50 bits per heavy atom. The first-order valence-corrected chi connectivity index (χ1v) is 5.08. The molecule has 0 radical (unpaired) electrons. The van der Waals surface area contributed by atoms with Gasteiger partial charge in [-0.25, -0.2) is 9.67 Å². The fourth-order valence-electron chi connectivity index (χ4n) is 1.17. The van der Waals surface area contributed by atoms with Crippen molar-refractivity contribution in [1.29, 1.82) is 0 Å². The number of aromatic nitrogens is 3. The normalized spacial score (nSPS) is 12.4. The predicted molar refractivity (Wildman–Crippen MR) is 58.6 cm³/mol. The number of ether oxygens (including phenoxy) is 1. The number of nitrogens with two attached hydrogens (primary N) is 1. The Hall–Kier alpha value is -1.63. The van der Waals surface area contributed by atoms with Crippen molar-refractivity contribution >= 4 is 11.9 Å². The first kappa shape index (κ1) is 12.4. The van der Waals surface area contributed by atoms with Gasteiger partial charge in [0.1, 0.15) is 12.4 Å². The van der Waals surface area contributed by atoms with E-state index in [4.69, 9.17) is 10.5 Å². The highest BCUT2D eigenvalue weighted by Crippen LogP contribution is 2.03. The number of methoxy groups -OCH3 is 1. The molecule has 1 amide bonds. The largest absolute Gasteiger partial charge is 0.385 e. The summed E-state index contributed by atoms with van der Waals surface area (Å²) < 4.78 is 6.31. The van der Waals surface area contributed by atoms with Crippen molar-refractivity contribution in [3.63, 3.8) is 0 Å². The SMILES string of the molecule is COCCCNC(=O)C(C)n1cnc(N)n1. The first-order valence-electron chi connectivity index (χ1n) is 5.08. The van der Waals surface area contributed by atoms with Gasteiger partial charge in [0.25, 0.3) is 0 Å². The zero-order chi connectivity index (χ0) is 12.0. The molecule has 16 heavy (non-hydrogen) atoms. The number of anilines is 1. The van der Waals surface area contributed by atoms with Crippen molar-refractivity contribution in [1.82, 2.24) is 20.1 Å². The summed E-state index contributed by atoms with van der Waals surface area (Å²) in [6.07, 6.45) is 2.23. The molecule has 0 aliphatic rings. The van der Waals surface area contributed by atoms with Crippen LogP contribution in [0.4, 0.5) is 5.95 Å². The number of nitrogens with zero attached hydrogens (tertiary/aromatic N) is 3. The molecule has 7 heteroatoms. The van der Waals surface area contributed by atoms with Crippen molar-refractivity contribution < 1.29 is 9.53 Å². The number of carbonyl (C=O) groups excluding carboxylic acids is 1. The van der Waals surface area contributed by atoms with E-state index in [-0.39, 0.29) is 11.9 Å². The van der Waals surface area contributed by atoms with E-state index in [1.807, 2.05) is 0 Å². The standard InChI is InChI=1S/C9H17N5O2/c1-7(14-6-12-9(10)13-14)8(15)11-4-3-5-16-2/h6-7H,3-5H2,1-2H3,(H2,10,13)(H,11,15). The van der Waals surface area contributed by atoms with E-state index in [2.05, 4.69) is 15.4 Å². The molecule has 1 aromatic heterocycles. The predicted octanol–water partition coefficient (Wildman–Crippen LogP) is -0.426. The molecular formula is C9H17N5O2. The van der Waals surface area contributed by atoms with Crippen LogP contribution in [-0.4, -0.2) is 40.9 Å². The third-order valence-corrected chi connectivity index (χ3v) is 2.13. The second kappa shape index (κ2) is 6.06. The molecule has 0 saturated carbocycles. The van der Waals surface area contributed by atoms with E-state index in [1.165, 1.54) is 11.0 Å². The van der Waals surface area contributed by atoms with E-state index in [0.717, 1.165) is 6.42 Å². The highest BCUT2D eigenvalue weighted by Gasteiger charge is 2.15. The molecule has 3 N–H and O–H groups in total. The summed E-state index contributed by atoms with van der Waals surface area (Å²) in [5, 5.41) is 6.65. The molecule has 1 unspecified atom stereocenters. The Kier molecular flexibility index (Phi) is 4.71. The number of rotatable bonds is 6. The van der Waals surface area contributed by atoms with Gasteiger partial charge in [0.15, 0.2) is 0 Å². The average Bonchev–Trinajstić information content (AvgIpc) is 2.70. The zero-order valence-electron chi connectivity index (χ0n) is 9.51. The van der Waals surface area contributed by atoms with Crippen molar-refractivity contribution in [2.75, 3.05) is 26.0 Å². The number of hydrogen-bond donors (Lipinski definition) is 2.